The van der Waals surface area contributed by atoms with Gasteiger partial charge >= 0.3 is 5.97 Å². The number of carbonyl (C=O) groups is 2. The summed E-state index contributed by atoms with van der Waals surface area (Å²) in [5.74, 6) is -0.938. The quantitative estimate of drug-likeness (QED) is 0.295. The molecule has 0 radical (unpaired) electrons. The second kappa shape index (κ2) is 10.8. The first kappa shape index (κ1) is 26.1. The van der Waals surface area contributed by atoms with Crippen LogP contribution in [-0.4, -0.2) is 45.2 Å². The van der Waals surface area contributed by atoms with Crippen molar-refractivity contribution in [1.82, 2.24) is 14.6 Å². The highest BCUT2D eigenvalue weighted by molar-refractivity contribution is 6.02. The summed E-state index contributed by atoms with van der Waals surface area (Å²) in [5, 5.41) is 4.59. The lowest BCUT2D eigenvalue weighted by Gasteiger charge is -2.17. The lowest BCUT2D eigenvalue weighted by Crippen LogP contribution is -2.39. The number of anilines is 1. The minimum atomic E-state index is -1.07. The van der Waals surface area contributed by atoms with Gasteiger partial charge in [0.15, 0.2) is 11.8 Å². The van der Waals surface area contributed by atoms with Crippen LogP contribution in [-0.2, 0) is 9.53 Å². The van der Waals surface area contributed by atoms with E-state index in [0.717, 1.165) is 11.3 Å². The Morgan fingerprint density at radius 2 is 1.80 bits per heavy atom. The van der Waals surface area contributed by atoms with Gasteiger partial charge in [-0.2, -0.15) is 0 Å². The van der Waals surface area contributed by atoms with E-state index in [2.05, 4.69) is 10.1 Å². The molecule has 1 saturated heterocycles. The normalized spacial score (nSPS) is 17.5. The zero-order valence-electron chi connectivity index (χ0n) is 22.1. The summed E-state index contributed by atoms with van der Waals surface area (Å²) in [6, 6.07) is 24.9. The van der Waals surface area contributed by atoms with Crippen LogP contribution in [0, 0.1) is 5.82 Å². The van der Waals surface area contributed by atoms with Gasteiger partial charge in [0.25, 0.3) is 5.91 Å². The minimum Gasteiger partial charge on any atom is -0.469 e. The van der Waals surface area contributed by atoms with E-state index in [1.807, 2.05) is 19.1 Å². The number of ether oxygens (including phenoxy) is 2. The second-order valence-corrected chi connectivity index (χ2v) is 9.75. The number of hydrogen-bond donors (Lipinski definition) is 1. The van der Waals surface area contributed by atoms with E-state index in [9.17, 15) is 14.0 Å². The maximum absolute atomic E-state index is 13.6. The molecule has 3 atom stereocenters. The van der Waals surface area contributed by atoms with Gasteiger partial charge in [-0.05, 0) is 55.0 Å². The number of imidazole rings is 1. The first-order valence-corrected chi connectivity index (χ1v) is 13.1. The largest absolute Gasteiger partial charge is 0.469 e. The summed E-state index contributed by atoms with van der Waals surface area (Å²) in [6.07, 6.45) is 0.216. The Labute approximate surface area is 234 Å². The maximum atomic E-state index is 13.6. The maximum Gasteiger partial charge on any atom is 0.338 e. The van der Waals surface area contributed by atoms with E-state index in [1.165, 1.54) is 17.0 Å². The molecule has 0 aliphatic carbocycles. The number of carbonyl (C=O) groups excluding carboxylic acids is 2. The van der Waals surface area contributed by atoms with Gasteiger partial charge in [-0.3, -0.25) is 4.79 Å². The molecule has 0 bridgehead atoms. The molecule has 2 N–H and O–H groups in total. The van der Waals surface area contributed by atoms with Crippen LogP contribution in [0.1, 0.15) is 28.9 Å². The highest BCUT2D eigenvalue weighted by Gasteiger charge is 2.42. The number of rotatable bonds is 7. The summed E-state index contributed by atoms with van der Waals surface area (Å²) < 4.78 is 26.8. The summed E-state index contributed by atoms with van der Waals surface area (Å²) in [7, 11) is 0. The Kier molecular flexibility index (Phi) is 6.90. The number of nitrogens with zero attached hydrogens (tertiary/aromatic N) is 4. The third kappa shape index (κ3) is 5.24. The number of aromatic nitrogens is 3. The molecule has 3 heterocycles. The van der Waals surface area contributed by atoms with Crippen molar-refractivity contribution in [3.63, 3.8) is 0 Å². The van der Waals surface area contributed by atoms with Crippen molar-refractivity contribution in [3.8, 4) is 17.1 Å². The van der Waals surface area contributed by atoms with Crippen molar-refractivity contribution in [1.29, 1.82) is 0 Å². The molecule has 2 aromatic heterocycles. The van der Waals surface area contributed by atoms with Gasteiger partial charge in [-0.15, -0.1) is 5.10 Å². The molecule has 9 nitrogen and oxygen atoms in total. The van der Waals surface area contributed by atoms with Crippen LogP contribution in [0.2, 0.25) is 0 Å². The first-order chi connectivity index (χ1) is 19.9. The zero-order chi connectivity index (χ0) is 28.5. The third-order valence-corrected chi connectivity index (χ3v) is 6.96. The van der Waals surface area contributed by atoms with Crippen molar-refractivity contribution in [2.75, 3.05) is 11.4 Å². The molecule has 1 fully saturated rings. The number of benzene rings is 3. The number of nitrogens with two attached hydrogens (primary N) is 1. The zero-order valence-corrected chi connectivity index (χ0v) is 22.1. The fourth-order valence-corrected chi connectivity index (χ4v) is 4.80. The third-order valence-electron chi connectivity index (χ3n) is 6.96. The van der Waals surface area contributed by atoms with Crippen molar-refractivity contribution in [2.45, 2.75) is 25.2 Å². The van der Waals surface area contributed by atoms with Crippen LogP contribution in [0.15, 0.2) is 97.2 Å². The van der Waals surface area contributed by atoms with Gasteiger partial charge in [0.1, 0.15) is 11.9 Å². The lowest BCUT2D eigenvalue weighted by atomic mass is 10.1. The fraction of sp³-hybridized carbons (Fsp3) is 0.161. The predicted octanol–water partition coefficient (Wildman–Crippen LogP) is 4.57. The van der Waals surface area contributed by atoms with Crippen molar-refractivity contribution in [3.05, 3.63) is 114 Å². The van der Waals surface area contributed by atoms with Gasteiger partial charge in [0.05, 0.1) is 23.5 Å². The van der Waals surface area contributed by atoms with Crippen LogP contribution in [0.5, 0.6) is 5.88 Å². The monoisotopic (exact) mass is 551 g/mol. The van der Waals surface area contributed by atoms with E-state index in [0.29, 0.717) is 28.3 Å². The molecule has 41 heavy (non-hydrogen) atoms. The molecule has 1 amide bonds. The molecule has 3 aromatic carbocycles. The highest BCUT2D eigenvalue weighted by Crippen LogP contribution is 2.28. The van der Waals surface area contributed by atoms with Crippen LogP contribution >= 0.6 is 0 Å². The molecule has 0 saturated carbocycles. The Bertz CT molecular complexity index is 1720. The lowest BCUT2D eigenvalue weighted by molar-refractivity contribution is -0.125. The second-order valence-electron chi connectivity index (χ2n) is 9.75. The van der Waals surface area contributed by atoms with Crippen LogP contribution in [0.3, 0.4) is 0 Å². The molecule has 206 valence electrons. The van der Waals surface area contributed by atoms with Gasteiger partial charge in [0, 0.05) is 23.9 Å². The van der Waals surface area contributed by atoms with E-state index < -0.39 is 24.2 Å². The summed E-state index contributed by atoms with van der Waals surface area (Å²) in [4.78, 5) is 31.6. The molecular formula is C31H26FN5O4. The number of hydrogen-bond acceptors (Lipinski definition) is 7. The van der Waals surface area contributed by atoms with E-state index >= 15 is 0 Å². The molecule has 10 heteroatoms. The summed E-state index contributed by atoms with van der Waals surface area (Å²) in [6.45, 7) is 2.04. The number of amides is 1. The number of esters is 1. The minimum absolute atomic E-state index is 0.215. The van der Waals surface area contributed by atoms with E-state index in [1.54, 1.807) is 77.4 Å². The van der Waals surface area contributed by atoms with Crippen LogP contribution in [0.25, 0.3) is 16.9 Å². The molecule has 1 aliphatic heterocycles. The molecule has 5 aromatic rings. The first-order valence-electron chi connectivity index (χ1n) is 13.1. The van der Waals surface area contributed by atoms with Gasteiger partial charge in [-0.25, -0.2) is 18.7 Å². The summed E-state index contributed by atoms with van der Waals surface area (Å²) >= 11 is 0. The fourth-order valence-electron chi connectivity index (χ4n) is 4.80. The van der Waals surface area contributed by atoms with Gasteiger partial charge in [0.2, 0.25) is 5.88 Å². The predicted molar refractivity (Wildman–Crippen MR) is 150 cm³/mol. The SMILES string of the molecule is C[C@@H](Oc1ccc2ncc(-c3ccc(N4C[C@H](N)C(OC(=O)c5ccccc5)C4=O)cc3)n2n1)c1cccc(F)c1. The molecule has 0 spiro atoms. The molecule has 6 rings (SSSR count). The standard InChI is InChI=1S/C31H26FN5O4/c1-19(22-8-5-9-23(32)16-22)40-28-15-14-27-34-17-26(37(27)35-28)20-10-12-24(13-11-20)36-18-25(33)29(30(36)38)41-31(39)21-6-3-2-4-7-21/h2-17,19,25,29H,18,33H2,1H3/t19-,25+,29?/m1/s1. The van der Waals surface area contributed by atoms with Gasteiger partial charge in [-0.1, -0.05) is 42.5 Å². The Morgan fingerprint density at radius 3 is 2.56 bits per heavy atom. The smallest absolute Gasteiger partial charge is 0.338 e. The molecular weight excluding hydrogens is 525 g/mol. The molecule has 1 aliphatic rings. The Morgan fingerprint density at radius 1 is 1.02 bits per heavy atom. The molecule has 1 unspecified atom stereocenters. The Balaban J connectivity index is 1.19. The number of fused-ring (bicyclic) bond motifs is 1. The van der Waals surface area contributed by atoms with E-state index in [-0.39, 0.29) is 18.3 Å². The van der Waals surface area contributed by atoms with Crippen LogP contribution < -0.4 is 15.4 Å². The van der Waals surface area contributed by atoms with Crippen molar-refractivity contribution < 1.29 is 23.5 Å². The van der Waals surface area contributed by atoms with Crippen molar-refractivity contribution >= 4 is 23.2 Å². The van der Waals surface area contributed by atoms with Crippen molar-refractivity contribution in [2.24, 2.45) is 5.73 Å². The van der Waals surface area contributed by atoms with E-state index in [4.69, 9.17) is 15.2 Å². The highest BCUT2D eigenvalue weighted by atomic mass is 19.1. The van der Waals surface area contributed by atoms with Gasteiger partial charge < -0.3 is 20.1 Å². The van der Waals surface area contributed by atoms with Crippen LogP contribution in [0.4, 0.5) is 10.1 Å². The average molecular weight is 552 g/mol. The summed E-state index contributed by atoms with van der Waals surface area (Å²) in [5.41, 5.74) is 10.0. The number of halogens is 1. The Hall–Kier alpha value is -5.09. The topological polar surface area (TPSA) is 112 Å². The average Bonchev–Trinajstić information content (AvgIpc) is 3.53.